The Morgan fingerprint density at radius 1 is 1.06 bits per heavy atom. The standard InChI is InChI=1S/C23H26Cl3FN2O2/c1-4-14(3)28-23(31)21(5-2)29(13-15-9-10-16(24)11-19(15)26)22(30)12-17-18(25)7-6-8-20(17)27/h6-11,14,21H,4-5,12-13H2,1-3H3,(H,28,31)/t14-,21-/m0/s1. The van der Waals surface area contributed by atoms with Gasteiger partial charge in [-0.15, -0.1) is 0 Å². The van der Waals surface area contributed by atoms with Crippen LogP contribution in [0, 0.1) is 5.82 Å². The van der Waals surface area contributed by atoms with Crippen molar-refractivity contribution in [2.45, 2.75) is 58.7 Å². The number of carbonyl (C=O) groups is 2. The second-order valence-electron chi connectivity index (χ2n) is 7.38. The maximum atomic E-state index is 14.3. The summed E-state index contributed by atoms with van der Waals surface area (Å²) in [6.07, 6.45) is 0.859. The smallest absolute Gasteiger partial charge is 0.243 e. The lowest BCUT2D eigenvalue weighted by atomic mass is 10.1. The van der Waals surface area contributed by atoms with Crippen LogP contribution in [-0.2, 0) is 22.6 Å². The van der Waals surface area contributed by atoms with E-state index in [1.165, 1.54) is 23.1 Å². The van der Waals surface area contributed by atoms with Crippen molar-refractivity contribution in [2.24, 2.45) is 0 Å². The van der Waals surface area contributed by atoms with Gasteiger partial charge in [0.2, 0.25) is 11.8 Å². The molecule has 0 aliphatic heterocycles. The summed E-state index contributed by atoms with van der Waals surface area (Å²) in [4.78, 5) is 27.7. The van der Waals surface area contributed by atoms with E-state index in [1.807, 2.05) is 20.8 Å². The highest BCUT2D eigenvalue weighted by Gasteiger charge is 2.30. The zero-order valence-electron chi connectivity index (χ0n) is 17.7. The monoisotopic (exact) mass is 486 g/mol. The van der Waals surface area contributed by atoms with Crippen LogP contribution in [0.5, 0.6) is 0 Å². The molecule has 2 aromatic rings. The lowest BCUT2D eigenvalue weighted by molar-refractivity contribution is -0.141. The summed E-state index contributed by atoms with van der Waals surface area (Å²) in [5.41, 5.74) is 0.729. The largest absolute Gasteiger partial charge is 0.352 e. The predicted molar refractivity (Wildman–Crippen MR) is 124 cm³/mol. The van der Waals surface area contributed by atoms with Gasteiger partial charge in [0.15, 0.2) is 0 Å². The van der Waals surface area contributed by atoms with E-state index < -0.39 is 17.8 Å². The first-order valence-corrected chi connectivity index (χ1v) is 11.3. The van der Waals surface area contributed by atoms with E-state index in [4.69, 9.17) is 34.8 Å². The first-order chi connectivity index (χ1) is 14.7. The van der Waals surface area contributed by atoms with Crippen molar-refractivity contribution in [3.8, 4) is 0 Å². The molecule has 2 amide bonds. The first-order valence-electron chi connectivity index (χ1n) is 10.1. The average Bonchev–Trinajstić information content (AvgIpc) is 2.71. The molecule has 31 heavy (non-hydrogen) atoms. The molecule has 1 N–H and O–H groups in total. The van der Waals surface area contributed by atoms with Gasteiger partial charge in [-0.25, -0.2) is 4.39 Å². The topological polar surface area (TPSA) is 49.4 Å². The van der Waals surface area contributed by atoms with Crippen LogP contribution in [0.15, 0.2) is 36.4 Å². The molecule has 0 saturated heterocycles. The summed E-state index contributed by atoms with van der Waals surface area (Å²) in [7, 11) is 0. The Hall–Kier alpha value is -1.82. The second kappa shape index (κ2) is 11.7. The molecule has 0 unspecified atom stereocenters. The van der Waals surface area contributed by atoms with Crippen molar-refractivity contribution in [2.75, 3.05) is 0 Å². The third-order valence-electron chi connectivity index (χ3n) is 5.13. The maximum Gasteiger partial charge on any atom is 0.243 e. The zero-order chi connectivity index (χ0) is 23.1. The van der Waals surface area contributed by atoms with E-state index in [-0.39, 0.29) is 35.5 Å². The van der Waals surface area contributed by atoms with Gasteiger partial charge < -0.3 is 10.2 Å². The highest BCUT2D eigenvalue weighted by atomic mass is 35.5. The first kappa shape index (κ1) is 25.4. The number of carbonyl (C=O) groups excluding carboxylic acids is 2. The van der Waals surface area contributed by atoms with Gasteiger partial charge in [-0.2, -0.15) is 0 Å². The number of nitrogens with one attached hydrogen (secondary N) is 1. The number of hydrogen-bond acceptors (Lipinski definition) is 2. The zero-order valence-corrected chi connectivity index (χ0v) is 20.0. The van der Waals surface area contributed by atoms with Crippen LogP contribution in [0.3, 0.4) is 0 Å². The molecule has 168 valence electrons. The average molecular weight is 488 g/mol. The molecule has 2 aromatic carbocycles. The second-order valence-corrected chi connectivity index (χ2v) is 8.63. The van der Waals surface area contributed by atoms with E-state index in [1.54, 1.807) is 18.2 Å². The Labute approximate surface area is 197 Å². The molecule has 2 atom stereocenters. The highest BCUT2D eigenvalue weighted by molar-refractivity contribution is 6.35. The van der Waals surface area contributed by atoms with Gasteiger partial charge >= 0.3 is 0 Å². The minimum atomic E-state index is -0.751. The van der Waals surface area contributed by atoms with Crippen LogP contribution in [0.2, 0.25) is 15.1 Å². The summed E-state index contributed by atoms with van der Waals surface area (Å²) >= 11 is 18.4. The highest BCUT2D eigenvalue weighted by Crippen LogP contribution is 2.25. The molecule has 0 aliphatic carbocycles. The predicted octanol–water partition coefficient (Wildman–Crippen LogP) is 6.05. The molecule has 0 saturated carbocycles. The molecule has 4 nitrogen and oxygen atoms in total. The third kappa shape index (κ3) is 6.83. The van der Waals surface area contributed by atoms with Crippen LogP contribution in [0.25, 0.3) is 0 Å². The SMILES string of the molecule is CC[C@H](C)NC(=O)[C@H](CC)N(Cc1ccc(Cl)cc1Cl)C(=O)Cc1c(F)cccc1Cl. The Balaban J connectivity index is 2.40. The summed E-state index contributed by atoms with van der Waals surface area (Å²) in [5, 5.41) is 3.93. The van der Waals surface area contributed by atoms with Crippen LogP contribution >= 0.6 is 34.8 Å². The fourth-order valence-electron chi connectivity index (χ4n) is 3.15. The Morgan fingerprint density at radius 2 is 1.77 bits per heavy atom. The lowest BCUT2D eigenvalue weighted by Crippen LogP contribution is -2.51. The third-order valence-corrected chi connectivity index (χ3v) is 6.07. The summed E-state index contributed by atoms with van der Waals surface area (Å²) < 4.78 is 14.3. The van der Waals surface area contributed by atoms with Crippen LogP contribution in [0.4, 0.5) is 4.39 Å². The minimum Gasteiger partial charge on any atom is -0.352 e. The van der Waals surface area contributed by atoms with Crippen LogP contribution in [0.1, 0.15) is 44.7 Å². The molecule has 0 aromatic heterocycles. The molecule has 0 aliphatic rings. The van der Waals surface area contributed by atoms with Crippen molar-refractivity contribution in [1.82, 2.24) is 10.2 Å². The summed E-state index contributed by atoms with van der Waals surface area (Å²) in [6.45, 7) is 5.75. The fraction of sp³-hybridized carbons (Fsp3) is 0.391. The Bertz CT molecular complexity index is 919. The van der Waals surface area contributed by atoms with E-state index >= 15 is 0 Å². The number of benzene rings is 2. The minimum absolute atomic E-state index is 0.0429. The van der Waals surface area contributed by atoms with Gasteiger partial charge in [0, 0.05) is 33.2 Å². The maximum absolute atomic E-state index is 14.3. The van der Waals surface area contributed by atoms with Gasteiger partial charge in [-0.3, -0.25) is 9.59 Å². The van der Waals surface area contributed by atoms with Crippen LogP contribution < -0.4 is 5.32 Å². The van der Waals surface area contributed by atoms with Crippen molar-refractivity contribution in [1.29, 1.82) is 0 Å². The van der Waals surface area contributed by atoms with Gasteiger partial charge in [0.25, 0.3) is 0 Å². The summed E-state index contributed by atoms with van der Waals surface area (Å²) in [5.74, 6) is -1.26. The fourth-order valence-corrected chi connectivity index (χ4v) is 3.85. The van der Waals surface area contributed by atoms with Gasteiger partial charge in [0.05, 0.1) is 6.42 Å². The van der Waals surface area contributed by atoms with Gasteiger partial charge in [-0.05, 0) is 49.6 Å². The van der Waals surface area contributed by atoms with E-state index in [2.05, 4.69) is 5.32 Å². The molecule has 0 bridgehead atoms. The lowest BCUT2D eigenvalue weighted by Gasteiger charge is -2.32. The molecule has 0 radical (unpaired) electrons. The van der Waals surface area contributed by atoms with E-state index in [9.17, 15) is 14.0 Å². The molecular weight excluding hydrogens is 462 g/mol. The van der Waals surface area contributed by atoms with E-state index in [0.29, 0.717) is 22.0 Å². The van der Waals surface area contributed by atoms with Crippen LogP contribution in [-0.4, -0.2) is 28.8 Å². The van der Waals surface area contributed by atoms with Crippen molar-refractivity contribution < 1.29 is 14.0 Å². The molecule has 8 heteroatoms. The quantitative estimate of drug-likeness (QED) is 0.468. The Kier molecular flexibility index (Phi) is 9.60. The van der Waals surface area contributed by atoms with E-state index in [0.717, 1.165) is 6.42 Å². The molecule has 0 fully saturated rings. The molecule has 2 rings (SSSR count). The molecule has 0 spiro atoms. The van der Waals surface area contributed by atoms with Crippen molar-refractivity contribution in [3.63, 3.8) is 0 Å². The molecular formula is C23H26Cl3FN2O2. The van der Waals surface area contributed by atoms with Crippen molar-refractivity contribution >= 4 is 46.6 Å². The number of hydrogen-bond donors (Lipinski definition) is 1. The number of nitrogens with zero attached hydrogens (tertiary/aromatic N) is 1. The van der Waals surface area contributed by atoms with Crippen molar-refractivity contribution in [3.05, 3.63) is 68.4 Å². The van der Waals surface area contributed by atoms with Gasteiger partial charge in [-0.1, -0.05) is 60.8 Å². The summed E-state index contributed by atoms with van der Waals surface area (Å²) in [6, 6.07) is 8.42. The molecule has 0 heterocycles. The number of amides is 2. The normalized spacial score (nSPS) is 12.9. The number of halogens is 4. The number of rotatable bonds is 9. The van der Waals surface area contributed by atoms with Gasteiger partial charge in [0.1, 0.15) is 11.9 Å². The Morgan fingerprint density at radius 3 is 2.35 bits per heavy atom.